The van der Waals surface area contributed by atoms with Crippen LogP contribution in [0, 0.1) is 11.6 Å². The zero-order valence-electron chi connectivity index (χ0n) is 13.1. The number of carbonyl (C=O) groups excluding carboxylic acids is 1. The van der Waals surface area contributed by atoms with Gasteiger partial charge in [0, 0.05) is 0 Å². The van der Waals surface area contributed by atoms with Gasteiger partial charge in [0.05, 0.1) is 11.3 Å². The molecule has 23 heavy (non-hydrogen) atoms. The van der Waals surface area contributed by atoms with Gasteiger partial charge in [-0.05, 0) is 55.0 Å². The summed E-state index contributed by atoms with van der Waals surface area (Å²) in [5.74, 6) is -0.814. The normalized spacial score (nSPS) is 13.4. The number of amides is 1. The van der Waals surface area contributed by atoms with Crippen molar-refractivity contribution < 1.29 is 13.6 Å². The van der Waals surface area contributed by atoms with Crippen LogP contribution in [0.15, 0.2) is 48.5 Å². The minimum absolute atomic E-state index is 0.122. The molecule has 0 fully saturated rings. The van der Waals surface area contributed by atoms with E-state index in [9.17, 15) is 13.6 Å². The highest BCUT2D eigenvalue weighted by atomic mass is 32.2. The lowest BCUT2D eigenvalue weighted by Crippen LogP contribution is -2.35. The molecule has 2 rings (SSSR count). The first-order chi connectivity index (χ1) is 11.0. The molecular formula is C18H19F2NOS. The Hall–Kier alpha value is -1.88. The molecule has 0 radical (unpaired) electrons. The van der Waals surface area contributed by atoms with Crippen molar-refractivity contribution in [3.8, 4) is 0 Å². The van der Waals surface area contributed by atoms with Crippen molar-refractivity contribution in [3.63, 3.8) is 0 Å². The first-order valence-electron chi connectivity index (χ1n) is 7.32. The van der Waals surface area contributed by atoms with E-state index in [0.29, 0.717) is 12.0 Å². The topological polar surface area (TPSA) is 29.1 Å². The molecule has 0 spiro atoms. The maximum atomic E-state index is 13.5. The summed E-state index contributed by atoms with van der Waals surface area (Å²) in [6.45, 7) is 1.81. The van der Waals surface area contributed by atoms with Crippen LogP contribution in [0.2, 0.25) is 0 Å². The highest BCUT2D eigenvalue weighted by Gasteiger charge is 2.19. The number of nitrogens with one attached hydrogen (secondary N) is 1. The van der Waals surface area contributed by atoms with E-state index >= 15 is 0 Å². The summed E-state index contributed by atoms with van der Waals surface area (Å²) in [6.07, 6.45) is 2.25. The fourth-order valence-corrected chi connectivity index (χ4v) is 2.55. The van der Waals surface area contributed by atoms with Crippen molar-refractivity contribution >= 4 is 17.7 Å². The van der Waals surface area contributed by atoms with Gasteiger partial charge in [0.1, 0.15) is 11.6 Å². The lowest BCUT2D eigenvalue weighted by Gasteiger charge is -2.21. The average Bonchev–Trinajstić information content (AvgIpc) is 2.53. The van der Waals surface area contributed by atoms with Crippen LogP contribution in [-0.2, 0) is 11.2 Å². The minimum Gasteiger partial charge on any atom is -0.348 e. The molecule has 0 heterocycles. The van der Waals surface area contributed by atoms with Gasteiger partial charge in [0.25, 0.3) is 0 Å². The molecule has 2 aromatic rings. The van der Waals surface area contributed by atoms with Crippen LogP contribution in [0.3, 0.4) is 0 Å². The molecule has 2 nitrogen and oxygen atoms in total. The van der Waals surface area contributed by atoms with Gasteiger partial charge >= 0.3 is 0 Å². The number of carbonyl (C=O) groups is 1. The predicted octanol–water partition coefficient (Wildman–Crippen LogP) is 4.12. The molecular weight excluding hydrogens is 316 g/mol. The van der Waals surface area contributed by atoms with E-state index < -0.39 is 6.04 Å². The largest absolute Gasteiger partial charge is 0.348 e. The summed E-state index contributed by atoms with van der Waals surface area (Å²) in [7, 11) is 0. The van der Waals surface area contributed by atoms with Gasteiger partial charge in [0.2, 0.25) is 5.91 Å². The zero-order valence-corrected chi connectivity index (χ0v) is 13.9. The van der Waals surface area contributed by atoms with Gasteiger partial charge in [0.15, 0.2) is 0 Å². The second kappa shape index (κ2) is 8.11. The minimum atomic E-state index is -0.408. The van der Waals surface area contributed by atoms with Gasteiger partial charge in [-0.3, -0.25) is 4.79 Å². The van der Waals surface area contributed by atoms with Crippen LogP contribution in [0.25, 0.3) is 0 Å². The van der Waals surface area contributed by atoms with E-state index in [4.69, 9.17) is 0 Å². The second-order valence-electron chi connectivity index (χ2n) is 5.33. The van der Waals surface area contributed by atoms with Gasteiger partial charge < -0.3 is 5.32 Å². The third-order valence-electron chi connectivity index (χ3n) is 3.62. The summed E-state index contributed by atoms with van der Waals surface area (Å²) in [5, 5.41) is 2.72. The smallest absolute Gasteiger partial charge is 0.233 e. The Kier molecular flexibility index (Phi) is 6.16. The molecule has 1 amide bonds. The zero-order chi connectivity index (χ0) is 16.8. The van der Waals surface area contributed by atoms with E-state index in [2.05, 4.69) is 5.32 Å². The van der Waals surface area contributed by atoms with Crippen molar-refractivity contribution in [2.75, 3.05) is 6.26 Å². The van der Waals surface area contributed by atoms with E-state index in [1.165, 1.54) is 36.0 Å². The number of hydrogen-bond donors (Lipinski definition) is 1. The Balaban J connectivity index is 2.25. The standard InChI is InChI=1S/C18H19F2NOS/c1-12(23-2)18(22)21-17(14-6-4-8-16(20)11-14)10-13-5-3-7-15(19)9-13/h3-9,11-12,17H,10H2,1-2H3,(H,21,22)/t12-,17+/m1/s1. The molecule has 2 atom stereocenters. The van der Waals surface area contributed by atoms with Gasteiger partial charge in [-0.1, -0.05) is 24.3 Å². The van der Waals surface area contributed by atoms with Crippen molar-refractivity contribution in [2.45, 2.75) is 24.6 Å². The molecule has 1 N–H and O–H groups in total. The number of rotatable bonds is 6. The molecule has 2 aromatic carbocycles. The van der Waals surface area contributed by atoms with E-state index in [1.54, 1.807) is 24.3 Å². The molecule has 0 aromatic heterocycles. The van der Waals surface area contributed by atoms with Crippen LogP contribution in [0.1, 0.15) is 24.1 Å². The van der Waals surface area contributed by atoms with Gasteiger partial charge in [-0.25, -0.2) is 8.78 Å². The van der Waals surface area contributed by atoms with E-state index in [1.807, 2.05) is 13.2 Å². The Morgan fingerprint density at radius 3 is 2.39 bits per heavy atom. The van der Waals surface area contributed by atoms with Crippen LogP contribution in [0.4, 0.5) is 8.78 Å². The quantitative estimate of drug-likeness (QED) is 0.860. The molecule has 122 valence electrons. The fraction of sp³-hybridized carbons (Fsp3) is 0.278. The number of thioether (sulfide) groups is 1. The van der Waals surface area contributed by atoms with E-state index in [-0.39, 0.29) is 22.8 Å². The Bertz CT molecular complexity index is 678. The summed E-state index contributed by atoms with van der Waals surface area (Å²) >= 11 is 1.44. The van der Waals surface area contributed by atoms with Crippen LogP contribution >= 0.6 is 11.8 Å². The lowest BCUT2D eigenvalue weighted by molar-refractivity contribution is -0.121. The third-order valence-corrected chi connectivity index (χ3v) is 4.54. The molecule has 0 saturated carbocycles. The molecule has 0 unspecified atom stereocenters. The summed E-state index contributed by atoms with van der Waals surface area (Å²) < 4.78 is 26.9. The lowest BCUT2D eigenvalue weighted by atomic mass is 9.98. The second-order valence-corrected chi connectivity index (χ2v) is 6.51. The molecule has 5 heteroatoms. The van der Waals surface area contributed by atoms with Gasteiger partial charge in [-0.2, -0.15) is 11.8 Å². The Labute approximate surface area is 139 Å². The number of benzene rings is 2. The van der Waals surface area contributed by atoms with Gasteiger partial charge in [-0.15, -0.1) is 0 Å². The molecule has 0 aliphatic carbocycles. The van der Waals surface area contributed by atoms with E-state index in [0.717, 1.165) is 5.56 Å². The number of halogens is 2. The number of hydrogen-bond acceptors (Lipinski definition) is 2. The predicted molar refractivity (Wildman–Crippen MR) is 90.4 cm³/mol. The Morgan fingerprint density at radius 2 is 1.78 bits per heavy atom. The highest BCUT2D eigenvalue weighted by Crippen LogP contribution is 2.21. The van der Waals surface area contributed by atoms with Crippen LogP contribution in [-0.4, -0.2) is 17.4 Å². The van der Waals surface area contributed by atoms with Crippen LogP contribution < -0.4 is 5.32 Å². The Morgan fingerprint density at radius 1 is 1.13 bits per heavy atom. The van der Waals surface area contributed by atoms with Crippen molar-refractivity contribution in [3.05, 3.63) is 71.3 Å². The molecule has 0 aliphatic heterocycles. The maximum Gasteiger partial charge on any atom is 0.233 e. The SMILES string of the molecule is CS[C@H](C)C(=O)N[C@@H](Cc1cccc(F)c1)c1cccc(F)c1. The molecule has 0 aliphatic rings. The van der Waals surface area contributed by atoms with Crippen molar-refractivity contribution in [1.29, 1.82) is 0 Å². The summed E-state index contributed by atoms with van der Waals surface area (Å²) in [4.78, 5) is 12.2. The summed E-state index contributed by atoms with van der Waals surface area (Å²) in [6, 6.07) is 11.9. The first kappa shape index (κ1) is 17.5. The first-order valence-corrected chi connectivity index (χ1v) is 8.61. The van der Waals surface area contributed by atoms with Crippen molar-refractivity contribution in [2.24, 2.45) is 0 Å². The molecule has 0 bridgehead atoms. The molecule has 0 saturated heterocycles. The average molecular weight is 335 g/mol. The van der Waals surface area contributed by atoms with Crippen molar-refractivity contribution in [1.82, 2.24) is 5.32 Å². The maximum absolute atomic E-state index is 13.5. The summed E-state index contributed by atoms with van der Waals surface area (Å²) in [5.41, 5.74) is 1.41. The monoisotopic (exact) mass is 335 g/mol. The van der Waals surface area contributed by atoms with Crippen LogP contribution in [0.5, 0.6) is 0 Å². The highest BCUT2D eigenvalue weighted by molar-refractivity contribution is 7.99. The third kappa shape index (κ3) is 5.06. The fourth-order valence-electron chi connectivity index (χ4n) is 2.27.